The minimum atomic E-state index is -0.00948. The number of rotatable bonds is 2. The molecule has 2 rings (SSSR count). The van der Waals surface area contributed by atoms with Crippen LogP contribution in [0.15, 0.2) is 24.0 Å². The zero-order valence-electron chi connectivity index (χ0n) is 7.40. The topological polar surface area (TPSA) is 34.9 Å². The summed E-state index contributed by atoms with van der Waals surface area (Å²) in [4.78, 5) is 15.8. The van der Waals surface area contributed by atoms with Crippen molar-refractivity contribution in [2.75, 3.05) is 0 Å². The van der Waals surface area contributed by atoms with Crippen LogP contribution in [0.2, 0.25) is 0 Å². The highest BCUT2D eigenvalue weighted by molar-refractivity contribution is 14.1. The van der Waals surface area contributed by atoms with Gasteiger partial charge in [0.2, 0.25) is 5.78 Å². The maximum atomic E-state index is 11.8. The molecule has 3 nitrogen and oxygen atoms in total. The molecule has 0 unspecified atom stereocenters. The molecule has 5 heteroatoms. The van der Waals surface area contributed by atoms with E-state index in [9.17, 15) is 4.79 Å². The Kier molecular flexibility index (Phi) is 2.69. The average molecular weight is 318 g/mol. The molecular formula is C9H7IN2OS. The molecular weight excluding hydrogens is 311 g/mol. The average Bonchev–Trinajstić information content (AvgIpc) is 2.73. The minimum absolute atomic E-state index is 0.00948. The van der Waals surface area contributed by atoms with Gasteiger partial charge in [0.15, 0.2) is 0 Å². The standard InChI is InChI=1S/C9H7IN2OS/c1-12-3-7(11-5-12)9(13)6-2-8(10)14-4-6/h2-5H,1H3. The maximum Gasteiger partial charge on any atom is 0.213 e. The van der Waals surface area contributed by atoms with Crippen LogP contribution in [0.4, 0.5) is 0 Å². The van der Waals surface area contributed by atoms with E-state index in [4.69, 9.17) is 0 Å². The zero-order valence-corrected chi connectivity index (χ0v) is 10.4. The first-order valence-electron chi connectivity index (χ1n) is 3.93. The Morgan fingerprint density at radius 2 is 2.43 bits per heavy atom. The summed E-state index contributed by atoms with van der Waals surface area (Å²) in [5.41, 5.74) is 1.22. The third kappa shape index (κ3) is 1.88. The van der Waals surface area contributed by atoms with E-state index >= 15 is 0 Å². The van der Waals surface area contributed by atoms with E-state index in [1.54, 1.807) is 28.4 Å². The van der Waals surface area contributed by atoms with Crippen LogP contribution in [0, 0.1) is 2.88 Å². The lowest BCUT2D eigenvalue weighted by atomic mass is 10.2. The van der Waals surface area contributed by atoms with Gasteiger partial charge in [-0.15, -0.1) is 11.3 Å². The molecule has 2 aromatic rings. The number of imidazole rings is 1. The number of hydrogen-bond donors (Lipinski definition) is 0. The Morgan fingerprint density at radius 1 is 1.64 bits per heavy atom. The fraction of sp³-hybridized carbons (Fsp3) is 0.111. The van der Waals surface area contributed by atoms with Gasteiger partial charge in [-0.25, -0.2) is 4.98 Å². The highest BCUT2D eigenvalue weighted by Crippen LogP contribution is 2.18. The van der Waals surface area contributed by atoms with Crippen molar-refractivity contribution in [3.63, 3.8) is 0 Å². The third-order valence-electron chi connectivity index (χ3n) is 1.77. The number of hydrogen-bond acceptors (Lipinski definition) is 3. The van der Waals surface area contributed by atoms with Gasteiger partial charge in [-0.3, -0.25) is 4.79 Å². The molecule has 0 aliphatic rings. The van der Waals surface area contributed by atoms with Crippen LogP contribution >= 0.6 is 33.9 Å². The van der Waals surface area contributed by atoms with E-state index in [0.29, 0.717) is 5.69 Å². The molecule has 2 heterocycles. The molecule has 72 valence electrons. The molecule has 2 aromatic heterocycles. The lowest BCUT2D eigenvalue weighted by Crippen LogP contribution is -1.99. The predicted molar refractivity (Wildman–Crippen MR) is 63.7 cm³/mol. The number of aryl methyl sites for hydroxylation is 1. The molecule has 0 saturated heterocycles. The minimum Gasteiger partial charge on any atom is -0.340 e. The smallest absolute Gasteiger partial charge is 0.213 e. The molecule has 0 bridgehead atoms. The highest BCUT2D eigenvalue weighted by atomic mass is 127. The van der Waals surface area contributed by atoms with Crippen molar-refractivity contribution in [1.82, 2.24) is 9.55 Å². The summed E-state index contributed by atoms with van der Waals surface area (Å²) in [6, 6.07) is 1.88. The van der Waals surface area contributed by atoms with Crippen LogP contribution in [-0.2, 0) is 7.05 Å². The van der Waals surface area contributed by atoms with E-state index in [2.05, 4.69) is 27.6 Å². The van der Waals surface area contributed by atoms with Crippen molar-refractivity contribution >= 4 is 39.7 Å². The van der Waals surface area contributed by atoms with Crippen molar-refractivity contribution in [2.24, 2.45) is 7.05 Å². The molecule has 0 spiro atoms. The molecule has 0 saturated carbocycles. The van der Waals surface area contributed by atoms with Gasteiger partial charge in [0.05, 0.1) is 9.21 Å². The molecule has 0 aliphatic heterocycles. The lowest BCUT2D eigenvalue weighted by molar-refractivity contribution is 0.103. The second-order valence-corrected chi connectivity index (χ2v) is 5.70. The molecule has 0 amide bonds. The monoisotopic (exact) mass is 318 g/mol. The lowest BCUT2D eigenvalue weighted by Gasteiger charge is -1.90. The Labute approximate surface area is 98.9 Å². The first-order valence-corrected chi connectivity index (χ1v) is 5.89. The molecule has 0 N–H and O–H groups in total. The van der Waals surface area contributed by atoms with E-state index in [1.807, 2.05) is 18.5 Å². The third-order valence-corrected chi connectivity index (χ3v) is 3.56. The van der Waals surface area contributed by atoms with Crippen molar-refractivity contribution in [3.05, 3.63) is 38.1 Å². The Hall–Kier alpha value is -0.690. The number of halogens is 1. The van der Waals surface area contributed by atoms with Crippen LogP contribution in [0.3, 0.4) is 0 Å². The fourth-order valence-corrected chi connectivity index (χ4v) is 2.43. The van der Waals surface area contributed by atoms with Gasteiger partial charge < -0.3 is 4.57 Å². The van der Waals surface area contributed by atoms with E-state index in [0.717, 1.165) is 8.45 Å². The number of aromatic nitrogens is 2. The summed E-state index contributed by atoms with van der Waals surface area (Å²) in [7, 11) is 1.85. The van der Waals surface area contributed by atoms with E-state index in [-0.39, 0.29) is 5.78 Å². The van der Waals surface area contributed by atoms with Gasteiger partial charge >= 0.3 is 0 Å². The second-order valence-electron chi connectivity index (χ2n) is 2.89. The van der Waals surface area contributed by atoms with Crippen molar-refractivity contribution in [1.29, 1.82) is 0 Å². The summed E-state index contributed by atoms with van der Waals surface area (Å²) in [5.74, 6) is -0.00948. The molecule has 0 fully saturated rings. The van der Waals surface area contributed by atoms with Crippen molar-refractivity contribution in [2.45, 2.75) is 0 Å². The van der Waals surface area contributed by atoms with Crippen molar-refractivity contribution < 1.29 is 4.79 Å². The van der Waals surface area contributed by atoms with Crippen LogP contribution < -0.4 is 0 Å². The van der Waals surface area contributed by atoms with Crippen LogP contribution in [0.5, 0.6) is 0 Å². The van der Waals surface area contributed by atoms with Crippen LogP contribution in [0.1, 0.15) is 16.1 Å². The van der Waals surface area contributed by atoms with Gasteiger partial charge in [0.25, 0.3) is 0 Å². The second kappa shape index (κ2) is 3.82. The summed E-state index contributed by atoms with van der Waals surface area (Å²) in [6.07, 6.45) is 3.36. The number of nitrogens with zero attached hydrogens (tertiary/aromatic N) is 2. The van der Waals surface area contributed by atoms with Gasteiger partial charge in [-0.2, -0.15) is 0 Å². The maximum absolute atomic E-state index is 11.8. The Bertz CT molecular complexity index is 432. The van der Waals surface area contributed by atoms with E-state index in [1.165, 1.54) is 0 Å². The predicted octanol–water partition coefficient (Wildman–Crippen LogP) is 2.32. The first-order chi connectivity index (χ1) is 6.66. The molecule has 0 aliphatic carbocycles. The van der Waals surface area contributed by atoms with E-state index < -0.39 is 0 Å². The molecule has 0 aromatic carbocycles. The Balaban J connectivity index is 2.33. The molecule has 0 radical (unpaired) electrons. The summed E-state index contributed by atoms with van der Waals surface area (Å²) in [5, 5.41) is 1.86. The van der Waals surface area contributed by atoms with Crippen molar-refractivity contribution in [3.8, 4) is 0 Å². The molecule has 0 atom stereocenters. The van der Waals surface area contributed by atoms with Crippen LogP contribution in [-0.4, -0.2) is 15.3 Å². The summed E-state index contributed by atoms with van der Waals surface area (Å²) < 4.78 is 2.88. The Morgan fingerprint density at radius 3 is 2.93 bits per heavy atom. The van der Waals surface area contributed by atoms with Gasteiger partial charge in [0.1, 0.15) is 5.69 Å². The number of carbonyl (C=O) groups is 1. The normalized spacial score (nSPS) is 10.4. The quantitative estimate of drug-likeness (QED) is 0.629. The SMILES string of the molecule is Cn1cnc(C(=O)c2csc(I)c2)c1. The van der Waals surface area contributed by atoms with Gasteiger partial charge in [0, 0.05) is 24.2 Å². The highest BCUT2D eigenvalue weighted by Gasteiger charge is 2.12. The zero-order chi connectivity index (χ0) is 10.1. The van der Waals surface area contributed by atoms with Gasteiger partial charge in [-0.1, -0.05) is 0 Å². The fourth-order valence-electron chi connectivity index (χ4n) is 1.11. The molecule has 14 heavy (non-hydrogen) atoms. The van der Waals surface area contributed by atoms with Crippen LogP contribution in [0.25, 0.3) is 0 Å². The van der Waals surface area contributed by atoms with Gasteiger partial charge in [-0.05, 0) is 28.7 Å². The summed E-state index contributed by atoms with van der Waals surface area (Å²) >= 11 is 3.76. The number of ketones is 1. The number of carbonyl (C=O) groups excluding carboxylic acids is 1. The number of thiophene rings is 1. The largest absolute Gasteiger partial charge is 0.340 e. The first kappa shape index (κ1) is 9.85. The summed E-state index contributed by atoms with van der Waals surface area (Å²) in [6.45, 7) is 0.